The van der Waals surface area contributed by atoms with Crippen molar-refractivity contribution in [2.45, 2.75) is 25.7 Å². The highest BCUT2D eigenvalue weighted by Crippen LogP contribution is 2.38. The Balaban J connectivity index is 1.44. The second-order valence-corrected chi connectivity index (χ2v) is 11.3. The van der Waals surface area contributed by atoms with Gasteiger partial charge < -0.3 is 0 Å². The zero-order valence-electron chi connectivity index (χ0n) is 23.2. The number of allylic oxidation sites excluding steroid dienone is 2. The minimum absolute atomic E-state index is 0.894. The highest BCUT2D eigenvalue weighted by atomic mass is 15.2. The molecule has 42 heavy (non-hydrogen) atoms. The van der Waals surface area contributed by atoms with E-state index in [4.69, 9.17) is 9.97 Å². The van der Waals surface area contributed by atoms with E-state index in [-0.39, 0.29) is 0 Å². The monoisotopic (exact) mass is 540 g/mol. The predicted molar refractivity (Wildman–Crippen MR) is 173 cm³/mol. The Morgan fingerprint density at radius 1 is 0.571 bits per heavy atom. The van der Waals surface area contributed by atoms with Crippen LogP contribution in [0.3, 0.4) is 0 Å². The lowest BCUT2D eigenvalue weighted by molar-refractivity contribution is 0.882. The zero-order valence-corrected chi connectivity index (χ0v) is 23.2. The molecule has 0 spiro atoms. The first kappa shape index (κ1) is 23.5. The molecule has 9 rings (SSSR count). The van der Waals surface area contributed by atoms with Crippen LogP contribution in [0.1, 0.15) is 35.5 Å². The normalized spacial score (nSPS) is 14.1. The Kier molecular flexibility index (Phi) is 5.12. The Hall–Kier alpha value is -5.22. The number of imidazole rings is 1. The summed E-state index contributed by atoms with van der Waals surface area (Å²) in [6, 6.07) is 35.0. The predicted octanol–water partition coefficient (Wildman–Crippen LogP) is 9.08. The molecule has 0 amide bonds. The number of fused-ring (bicyclic) bond motifs is 8. The largest absolute Gasteiger partial charge is 0.279 e. The van der Waals surface area contributed by atoms with Crippen molar-refractivity contribution in [1.82, 2.24) is 18.9 Å². The van der Waals surface area contributed by atoms with E-state index in [2.05, 4.69) is 130 Å². The van der Waals surface area contributed by atoms with Crippen molar-refractivity contribution in [3.63, 3.8) is 0 Å². The van der Waals surface area contributed by atoms with Gasteiger partial charge in [-0.3, -0.25) is 8.97 Å². The molecule has 3 aromatic heterocycles. The van der Waals surface area contributed by atoms with Crippen molar-refractivity contribution in [1.29, 1.82) is 0 Å². The van der Waals surface area contributed by atoms with Crippen molar-refractivity contribution >= 4 is 39.6 Å². The van der Waals surface area contributed by atoms with Crippen LogP contribution in [-0.2, 0) is 12.8 Å². The zero-order chi connectivity index (χ0) is 27.6. The average Bonchev–Trinajstić information content (AvgIpc) is 3.61. The van der Waals surface area contributed by atoms with Crippen molar-refractivity contribution in [2.24, 2.45) is 0 Å². The molecule has 7 aromatic rings. The van der Waals surface area contributed by atoms with Gasteiger partial charge in [-0.05, 0) is 72.2 Å². The van der Waals surface area contributed by atoms with E-state index in [9.17, 15) is 0 Å². The molecule has 2 aliphatic rings. The third-order valence-corrected chi connectivity index (χ3v) is 8.83. The first-order chi connectivity index (χ1) is 20.8. The first-order valence-corrected chi connectivity index (χ1v) is 14.8. The summed E-state index contributed by atoms with van der Waals surface area (Å²) in [6.07, 6.45) is 12.9. The third kappa shape index (κ3) is 3.48. The van der Waals surface area contributed by atoms with E-state index in [0.29, 0.717) is 0 Å². The Morgan fingerprint density at radius 3 is 1.86 bits per heavy atom. The molecule has 4 heteroatoms. The quantitative estimate of drug-likeness (QED) is 0.224. The smallest absolute Gasteiger partial charge is 0.221 e. The second kappa shape index (κ2) is 9.15. The van der Waals surface area contributed by atoms with Gasteiger partial charge in [0.15, 0.2) is 0 Å². The highest BCUT2D eigenvalue weighted by Gasteiger charge is 2.25. The summed E-state index contributed by atoms with van der Waals surface area (Å²) in [5.41, 5.74) is 12.7. The van der Waals surface area contributed by atoms with E-state index in [1.807, 2.05) is 0 Å². The van der Waals surface area contributed by atoms with Crippen LogP contribution < -0.4 is 0 Å². The molecule has 4 aromatic carbocycles. The number of hydrogen-bond acceptors (Lipinski definition) is 2. The Bertz CT molecular complexity index is 2130. The third-order valence-electron chi connectivity index (χ3n) is 8.83. The molecular formula is C38H28N4. The molecule has 3 heterocycles. The maximum absolute atomic E-state index is 5.43. The summed E-state index contributed by atoms with van der Waals surface area (Å²) in [5, 5.41) is 2.44. The minimum Gasteiger partial charge on any atom is -0.279 e. The lowest BCUT2D eigenvalue weighted by Crippen LogP contribution is -2.12. The van der Waals surface area contributed by atoms with E-state index in [0.717, 1.165) is 59.7 Å². The minimum atomic E-state index is 0.894. The number of aromatic nitrogens is 4. The lowest BCUT2D eigenvalue weighted by Gasteiger charge is -2.18. The molecule has 0 atom stereocenters. The SMILES string of the molecule is C1=Cc2c(nc3c4c(nc(-n5c6cc(-c7ccccc7)ccc6c6ccc(-c7ccccc7)cc65)n23)C=CCC4)CC1. The van der Waals surface area contributed by atoms with Crippen molar-refractivity contribution in [3.05, 3.63) is 132 Å². The standard InChI is InChI=1S/C38H28N4/c1-3-11-25(12-4-1)27-19-21-29-30-22-20-28(26-13-5-2-6-14-26)24-36(30)41(35(29)23-27)38-40-32-16-8-7-15-31(32)37-39-33-17-9-10-18-34(33)42(37)38/h1-6,8,10-14,16,18-24H,7,9,15,17H2. The molecule has 4 nitrogen and oxygen atoms in total. The summed E-state index contributed by atoms with van der Waals surface area (Å²) in [5.74, 6) is 0.894. The van der Waals surface area contributed by atoms with Gasteiger partial charge in [0, 0.05) is 16.3 Å². The van der Waals surface area contributed by atoms with Gasteiger partial charge in [-0.25, -0.2) is 9.97 Å². The Morgan fingerprint density at radius 2 is 1.19 bits per heavy atom. The molecule has 0 aliphatic heterocycles. The summed E-state index contributed by atoms with van der Waals surface area (Å²) >= 11 is 0. The molecule has 0 unspecified atom stereocenters. The summed E-state index contributed by atoms with van der Waals surface area (Å²) in [6.45, 7) is 0. The van der Waals surface area contributed by atoms with Gasteiger partial charge in [0.05, 0.1) is 28.1 Å². The van der Waals surface area contributed by atoms with Crippen LogP contribution in [0.25, 0.3) is 67.8 Å². The number of nitrogens with zero attached hydrogens (tertiary/aromatic N) is 4. The highest BCUT2D eigenvalue weighted by molar-refractivity contribution is 6.11. The maximum atomic E-state index is 5.43. The molecular weight excluding hydrogens is 512 g/mol. The summed E-state index contributed by atoms with van der Waals surface area (Å²) in [7, 11) is 0. The van der Waals surface area contributed by atoms with Crippen LogP contribution in [0.5, 0.6) is 0 Å². The average molecular weight is 541 g/mol. The second-order valence-electron chi connectivity index (χ2n) is 11.3. The fourth-order valence-corrected chi connectivity index (χ4v) is 6.80. The molecule has 0 fully saturated rings. The molecule has 0 saturated heterocycles. The molecule has 0 bridgehead atoms. The van der Waals surface area contributed by atoms with Gasteiger partial charge in [-0.1, -0.05) is 97.1 Å². The van der Waals surface area contributed by atoms with Gasteiger partial charge in [-0.15, -0.1) is 0 Å². The van der Waals surface area contributed by atoms with E-state index >= 15 is 0 Å². The van der Waals surface area contributed by atoms with E-state index < -0.39 is 0 Å². The maximum Gasteiger partial charge on any atom is 0.221 e. The first-order valence-electron chi connectivity index (χ1n) is 14.8. The van der Waals surface area contributed by atoms with Crippen molar-refractivity contribution < 1.29 is 0 Å². The number of benzene rings is 4. The number of aryl methyl sites for hydroxylation is 2. The van der Waals surface area contributed by atoms with Crippen molar-refractivity contribution in [2.75, 3.05) is 0 Å². The van der Waals surface area contributed by atoms with Gasteiger partial charge in [0.1, 0.15) is 5.65 Å². The van der Waals surface area contributed by atoms with Crippen LogP contribution in [0, 0.1) is 0 Å². The summed E-state index contributed by atoms with van der Waals surface area (Å²) in [4.78, 5) is 10.7. The topological polar surface area (TPSA) is 35.1 Å². The van der Waals surface area contributed by atoms with Gasteiger partial charge in [0.2, 0.25) is 5.95 Å². The fourth-order valence-electron chi connectivity index (χ4n) is 6.80. The van der Waals surface area contributed by atoms with Gasteiger partial charge >= 0.3 is 0 Å². The van der Waals surface area contributed by atoms with Crippen LogP contribution in [0.15, 0.2) is 109 Å². The van der Waals surface area contributed by atoms with Crippen LogP contribution in [0.2, 0.25) is 0 Å². The lowest BCUT2D eigenvalue weighted by atomic mass is 10.0. The van der Waals surface area contributed by atoms with Crippen LogP contribution in [0.4, 0.5) is 0 Å². The van der Waals surface area contributed by atoms with Gasteiger partial charge in [0.25, 0.3) is 0 Å². The fraction of sp³-hybridized carbons (Fsp3) is 0.105. The number of hydrogen-bond donors (Lipinski definition) is 0. The molecule has 0 saturated carbocycles. The van der Waals surface area contributed by atoms with E-state index in [1.54, 1.807) is 0 Å². The van der Waals surface area contributed by atoms with E-state index in [1.165, 1.54) is 44.3 Å². The molecule has 0 radical (unpaired) electrons. The van der Waals surface area contributed by atoms with Crippen LogP contribution >= 0.6 is 0 Å². The van der Waals surface area contributed by atoms with Crippen LogP contribution in [-0.4, -0.2) is 18.9 Å². The van der Waals surface area contributed by atoms with Gasteiger partial charge in [-0.2, -0.15) is 0 Å². The van der Waals surface area contributed by atoms with Crippen molar-refractivity contribution in [3.8, 4) is 28.2 Å². The molecule has 2 aliphatic carbocycles. The summed E-state index contributed by atoms with van der Waals surface area (Å²) < 4.78 is 4.70. The number of rotatable bonds is 3. The molecule has 200 valence electrons. The molecule has 0 N–H and O–H groups in total. The Labute approximate surface area is 243 Å².